The van der Waals surface area contributed by atoms with Crippen molar-refractivity contribution in [1.82, 2.24) is 4.37 Å². The third kappa shape index (κ3) is 4.37. The van der Waals surface area contributed by atoms with Gasteiger partial charge >= 0.3 is 158 Å². The number of rotatable bonds is 5. The van der Waals surface area contributed by atoms with Gasteiger partial charge in [0.15, 0.2) is 0 Å². The van der Waals surface area contributed by atoms with E-state index in [1.807, 2.05) is 35.0 Å². The molecule has 0 fully saturated rings. The molecule has 120 valence electrons. The number of hydrogen-bond acceptors (Lipinski definition) is 4. The van der Waals surface area contributed by atoms with Crippen LogP contribution in [-0.2, 0) is 13.8 Å². The minimum atomic E-state index is -2.10. The second-order valence-corrected chi connectivity index (χ2v) is 13.8. The van der Waals surface area contributed by atoms with Gasteiger partial charge in [0, 0.05) is 0 Å². The number of Topliss-reactive ketones (excluding diaryl/α,β-unsaturated/α-hetero) is 1. The van der Waals surface area contributed by atoms with E-state index in [2.05, 4.69) is 13.5 Å². The zero-order chi connectivity index (χ0) is 17.1. The van der Waals surface area contributed by atoms with Gasteiger partial charge < -0.3 is 0 Å². The van der Waals surface area contributed by atoms with Crippen LogP contribution in [-0.4, -0.2) is 37.5 Å². The first-order chi connectivity index (χ1) is 11.5. The van der Waals surface area contributed by atoms with Crippen molar-refractivity contribution in [3.8, 4) is 0 Å². The van der Waals surface area contributed by atoms with Gasteiger partial charge in [-0.25, -0.2) is 0 Å². The van der Waals surface area contributed by atoms with Crippen molar-refractivity contribution in [2.24, 2.45) is 0 Å². The van der Waals surface area contributed by atoms with Gasteiger partial charge in [0.05, 0.1) is 0 Å². The molecule has 2 heterocycles. The number of amides is 1. The molecule has 0 atom stereocenters. The Bertz CT molecular complexity index is 843. The zero-order valence-electron chi connectivity index (χ0n) is 13.0. The molecular formula is C17H14ClInN2O2S. The van der Waals surface area contributed by atoms with E-state index in [1.54, 1.807) is 12.1 Å². The van der Waals surface area contributed by atoms with Crippen LogP contribution in [0.15, 0.2) is 49.6 Å². The van der Waals surface area contributed by atoms with Crippen LogP contribution in [0.2, 0.25) is 5.02 Å². The Balaban J connectivity index is 1.62. The first-order valence-corrected chi connectivity index (χ1v) is 14.7. The molecule has 0 saturated carbocycles. The monoisotopic (exact) mass is 460 g/mol. The molecular weight excluding hydrogens is 447 g/mol. The van der Waals surface area contributed by atoms with Crippen molar-refractivity contribution in [2.75, 3.05) is 5.32 Å². The van der Waals surface area contributed by atoms with E-state index in [-0.39, 0.29) is 0 Å². The SMILES string of the molecule is Cc1cc(NC(=O)C(=O)C2=[CH][In]([CH2]c3ccc(Cl)cc3)[CH]=C2)sn1. The number of benzene rings is 1. The number of aromatic nitrogens is 1. The van der Waals surface area contributed by atoms with Gasteiger partial charge in [0.1, 0.15) is 0 Å². The Morgan fingerprint density at radius 1 is 1.29 bits per heavy atom. The van der Waals surface area contributed by atoms with E-state index in [4.69, 9.17) is 11.6 Å². The van der Waals surface area contributed by atoms with Gasteiger partial charge in [0.2, 0.25) is 0 Å². The summed E-state index contributed by atoms with van der Waals surface area (Å²) in [5.41, 5.74) is 2.56. The summed E-state index contributed by atoms with van der Waals surface area (Å²) in [5, 5.41) is 3.92. The molecule has 7 heteroatoms. The molecule has 0 unspecified atom stereocenters. The molecule has 1 aliphatic rings. The molecule has 2 aromatic rings. The molecule has 1 N–H and O–H groups in total. The van der Waals surface area contributed by atoms with Crippen LogP contribution in [0.25, 0.3) is 0 Å². The molecule has 0 saturated heterocycles. The second kappa shape index (κ2) is 7.68. The number of carbonyl (C=O) groups is 2. The Labute approximate surface area is 156 Å². The third-order valence-electron chi connectivity index (χ3n) is 3.63. The Morgan fingerprint density at radius 2 is 2.04 bits per heavy atom. The van der Waals surface area contributed by atoms with Gasteiger partial charge in [-0.15, -0.1) is 0 Å². The molecule has 0 spiro atoms. The Hall–Kier alpha value is -1.37. The number of allylic oxidation sites excluding steroid dienone is 1. The van der Waals surface area contributed by atoms with Gasteiger partial charge in [-0.3, -0.25) is 0 Å². The fraction of sp³-hybridized carbons (Fsp3) is 0.118. The molecule has 1 amide bonds. The fourth-order valence-electron chi connectivity index (χ4n) is 2.46. The molecule has 3 rings (SSSR count). The number of anilines is 1. The molecule has 1 aromatic heterocycles. The van der Waals surface area contributed by atoms with Crippen molar-refractivity contribution in [3.05, 3.63) is 65.9 Å². The second-order valence-electron chi connectivity index (χ2n) is 5.59. The van der Waals surface area contributed by atoms with Crippen molar-refractivity contribution in [3.63, 3.8) is 0 Å². The number of nitrogens with zero attached hydrogens (tertiary/aromatic N) is 1. The normalized spacial score (nSPS) is 13.1. The first kappa shape index (κ1) is 17.5. The van der Waals surface area contributed by atoms with E-state index in [0.717, 1.165) is 14.9 Å². The molecule has 4 nitrogen and oxygen atoms in total. The van der Waals surface area contributed by atoms with Gasteiger partial charge in [-0.05, 0) is 0 Å². The quantitative estimate of drug-likeness (QED) is 0.695. The number of nitrogens with one attached hydrogen (secondary N) is 1. The van der Waals surface area contributed by atoms with E-state index >= 15 is 0 Å². The fourth-order valence-corrected chi connectivity index (χ4v) is 9.98. The van der Waals surface area contributed by atoms with Crippen LogP contribution >= 0.6 is 23.1 Å². The number of ketones is 1. The summed E-state index contributed by atoms with van der Waals surface area (Å²) in [7, 11) is 0. The predicted molar refractivity (Wildman–Crippen MR) is 98.6 cm³/mol. The Morgan fingerprint density at radius 3 is 2.71 bits per heavy atom. The van der Waals surface area contributed by atoms with E-state index < -0.39 is 33.1 Å². The van der Waals surface area contributed by atoms with Crippen LogP contribution in [0.4, 0.5) is 5.00 Å². The summed E-state index contributed by atoms with van der Waals surface area (Å²) in [6, 6.07) is 9.53. The number of hydrogen-bond donors (Lipinski definition) is 1. The average molecular weight is 461 g/mol. The summed E-state index contributed by atoms with van der Waals surface area (Å²) in [6.45, 7) is 1.84. The molecule has 0 radical (unpaired) electrons. The van der Waals surface area contributed by atoms with Crippen molar-refractivity contribution >= 4 is 61.3 Å². The molecule has 0 bridgehead atoms. The van der Waals surface area contributed by atoms with Crippen LogP contribution in [0.3, 0.4) is 0 Å². The topological polar surface area (TPSA) is 59.1 Å². The maximum absolute atomic E-state index is 12.3. The number of halogens is 1. The standard InChI is InChI=1S/C10H8N2O2S.C7H6Cl.In/c1-4-6(2)9(13)10(14)11-8-5-7(3)12-15-8;1-6-2-4-7(8)5-3-6;/h1-2,4-5H,3H3,(H,11,14);2-5H,1H2;. The van der Waals surface area contributed by atoms with Crippen molar-refractivity contribution in [1.29, 1.82) is 0 Å². The van der Waals surface area contributed by atoms with Crippen LogP contribution in [0.1, 0.15) is 11.3 Å². The third-order valence-corrected chi connectivity index (χ3v) is 11.6. The van der Waals surface area contributed by atoms with Crippen LogP contribution in [0, 0.1) is 6.92 Å². The van der Waals surface area contributed by atoms with E-state index in [0.29, 0.717) is 10.6 Å². The maximum atomic E-state index is 12.3. The van der Waals surface area contributed by atoms with Gasteiger partial charge in [-0.2, -0.15) is 0 Å². The van der Waals surface area contributed by atoms with Crippen molar-refractivity contribution < 1.29 is 9.59 Å². The number of carbonyl (C=O) groups excluding carboxylic acids is 2. The van der Waals surface area contributed by atoms with E-state index in [9.17, 15) is 9.59 Å². The molecule has 1 aliphatic heterocycles. The predicted octanol–water partition coefficient (Wildman–Crippen LogP) is 3.46. The summed E-state index contributed by atoms with van der Waals surface area (Å²) >= 11 is 4.97. The van der Waals surface area contributed by atoms with Crippen LogP contribution < -0.4 is 5.32 Å². The zero-order valence-corrected chi connectivity index (χ0v) is 17.8. The first-order valence-electron chi connectivity index (χ1n) is 7.45. The summed E-state index contributed by atoms with van der Waals surface area (Å²) in [5.74, 6) is -1.08. The Kier molecular flexibility index (Phi) is 5.58. The summed E-state index contributed by atoms with van der Waals surface area (Å²) in [4.78, 5) is 24.3. The van der Waals surface area contributed by atoms with Crippen molar-refractivity contribution in [2.45, 2.75) is 11.1 Å². The van der Waals surface area contributed by atoms with Gasteiger partial charge in [-0.1, -0.05) is 0 Å². The summed E-state index contributed by atoms with van der Waals surface area (Å²) in [6.07, 6.45) is 1.80. The van der Waals surface area contributed by atoms with E-state index in [1.165, 1.54) is 17.1 Å². The summed E-state index contributed by atoms with van der Waals surface area (Å²) < 4.78 is 9.24. The average Bonchev–Trinajstić information content (AvgIpc) is 3.18. The number of aryl methyl sites for hydroxylation is 1. The molecule has 1 aromatic carbocycles. The van der Waals surface area contributed by atoms with Gasteiger partial charge in [0.25, 0.3) is 0 Å². The van der Waals surface area contributed by atoms with Crippen LogP contribution in [0.5, 0.6) is 0 Å². The molecule has 24 heavy (non-hydrogen) atoms. The minimum absolute atomic E-state index is 0.479. The molecule has 0 aliphatic carbocycles.